The Morgan fingerprint density at radius 1 is 1.59 bits per heavy atom. The third-order valence-electron chi connectivity index (χ3n) is 2.62. The van der Waals surface area contributed by atoms with Gasteiger partial charge in [0.15, 0.2) is 5.15 Å². The van der Waals surface area contributed by atoms with E-state index in [9.17, 15) is 9.59 Å². The molecule has 0 spiro atoms. The van der Waals surface area contributed by atoms with E-state index in [1.807, 2.05) is 0 Å². The summed E-state index contributed by atoms with van der Waals surface area (Å²) in [7, 11) is 0. The predicted octanol–water partition coefficient (Wildman–Crippen LogP) is 1.39. The highest BCUT2D eigenvalue weighted by atomic mass is 35.5. The van der Waals surface area contributed by atoms with Crippen molar-refractivity contribution in [2.24, 2.45) is 0 Å². The van der Waals surface area contributed by atoms with Crippen molar-refractivity contribution in [2.45, 2.75) is 31.8 Å². The molecule has 1 N–H and O–H groups in total. The Morgan fingerprint density at radius 3 is 2.82 bits per heavy atom. The zero-order valence-corrected chi connectivity index (χ0v) is 10.6. The first kappa shape index (κ1) is 12.4. The predicted molar refractivity (Wildman–Crippen MR) is 64.4 cm³/mol. The quantitative estimate of drug-likeness (QED) is 0.848. The molecule has 1 heterocycles. The van der Waals surface area contributed by atoms with Gasteiger partial charge in [-0.25, -0.2) is 4.98 Å². The van der Waals surface area contributed by atoms with Gasteiger partial charge >= 0.3 is 0 Å². The minimum absolute atomic E-state index is 0.0530. The first-order valence-corrected chi connectivity index (χ1v) is 5.99. The number of carbonyl (C=O) groups excluding carboxylic acids is 1. The van der Waals surface area contributed by atoms with Crippen LogP contribution in [0.3, 0.4) is 0 Å². The number of amides is 1. The van der Waals surface area contributed by atoms with Gasteiger partial charge in [0.2, 0.25) is 5.91 Å². The van der Waals surface area contributed by atoms with E-state index in [0.717, 1.165) is 12.8 Å². The topological polar surface area (TPSA) is 64.0 Å². The fourth-order valence-electron chi connectivity index (χ4n) is 1.38. The summed E-state index contributed by atoms with van der Waals surface area (Å²) < 4.78 is 1.17. The van der Waals surface area contributed by atoms with Crippen LogP contribution in [0.25, 0.3) is 0 Å². The van der Waals surface area contributed by atoms with E-state index < -0.39 is 11.6 Å². The largest absolute Gasteiger partial charge is 0.352 e. The highest BCUT2D eigenvalue weighted by Gasteiger charge is 2.27. The molecular weight excluding hydrogens is 265 g/mol. The number of nitrogens with one attached hydrogen (secondary N) is 1. The van der Waals surface area contributed by atoms with Crippen molar-refractivity contribution < 1.29 is 4.79 Å². The molecule has 5 nitrogen and oxygen atoms in total. The summed E-state index contributed by atoms with van der Waals surface area (Å²) >= 11 is 11.3. The maximum atomic E-state index is 11.8. The molecule has 1 unspecified atom stereocenters. The summed E-state index contributed by atoms with van der Waals surface area (Å²) in [5, 5.41) is 2.59. The summed E-state index contributed by atoms with van der Waals surface area (Å²) in [5.41, 5.74) is -0.509. The van der Waals surface area contributed by atoms with E-state index in [2.05, 4.69) is 10.3 Å². The van der Waals surface area contributed by atoms with Crippen LogP contribution in [-0.4, -0.2) is 21.5 Å². The highest BCUT2D eigenvalue weighted by Crippen LogP contribution is 2.20. The molecule has 0 bridgehead atoms. The molecule has 1 aromatic heterocycles. The van der Waals surface area contributed by atoms with Crippen molar-refractivity contribution in [3.8, 4) is 0 Å². The minimum atomic E-state index is -0.648. The van der Waals surface area contributed by atoms with Crippen LogP contribution in [0.4, 0.5) is 0 Å². The summed E-state index contributed by atoms with van der Waals surface area (Å²) in [6.45, 7) is 1.62. The molecule has 7 heteroatoms. The van der Waals surface area contributed by atoms with Gasteiger partial charge in [-0.15, -0.1) is 0 Å². The van der Waals surface area contributed by atoms with Crippen LogP contribution in [-0.2, 0) is 4.79 Å². The Labute approximate surface area is 108 Å². The van der Waals surface area contributed by atoms with E-state index in [1.165, 1.54) is 10.9 Å². The number of hydrogen-bond donors (Lipinski definition) is 1. The van der Waals surface area contributed by atoms with E-state index in [-0.39, 0.29) is 22.1 Å². The van der Waals surface area contributed by atoms with Gasteiger partial charge in [-0.2, -0.15) is 0 Å². The molecule has 2 rings (SSSR count). The molecule has 17 heavy (non-hydrogen) atoms. The first-order valence-electron chi connectivity index (χ1n) is 5.23. The molecule has 1 saturated carbocycles. The molecule has 1 aromatic rings. The van der Waals surface area contributed by atoms with Gasteiger partial charge in [-0.3, -0.25) is 14.2 Å². The molecule has 1 aliphatic carbocycles. The van der Waals surface area contributed by atoms with Crippen LogP contribution in [0, 0.1) is 0 Å². The zero-order chi connectivity index (χ0) is 12.6. The summed E-state index contributed by atoms with van der Waals surface area (Å²) in [6.07, 6.45) is 3.22. The number of aromatic nitrogens is 2. The van der Waals surface area contributed by atoms with Gasteiger partial charge in [0, 0.05) is 6.04 Å². The Bertz CT molecular complexity index is 511. The van der Waals surface area contributed by atoms with Gasteiger partial charge in [-0.1, -0.05) is 23.2 Å². The Balaban J connectivity index is 2.23. The molecule has 0 aromatic carbocycles. The molecule has 92 valence electrons. The lowest BCUT2D eigenvalue weighted by Crippen LogP contribution is -2.37. The second kappa shape index (κ2) is 4.66. The third-order valence-corrected chi connectivity index (χ3v) is 3.34. The molecule has 0 aliphatic heterocycles. The maximum Gasteiger partial charge on any atom is 0.274 e. The summed E-state index contributed by atoms with van der Waals surface area (Å²) in [4.78, 5) is 27.3. The number of halogens is 2. The lowest BCUT2D eigenvalue weighted by atomic mass is 10.3. The van der Waals surface area contributed by atoms with E-state index in [1.54, 1.807) is 6.92 Å². The minimum Gasteiger partial charge on any atom is -0.352 e. The van der Waals surface area contributed by atoms with Crippen molar-refractivity contribution in [2.75, 3.05) is 0 Å². The van der Waals surface area contributed by atoms with Gasteiger partial charge in [0.25, 0.3) is 5.56 Å². The molecular formula is C10H11Cl2N3O2. The van der Waals surface area contributed by atoms with Crippen molar-refractivity contribution in [3.05, 3.63) is 26.9 Å². The monoisotopic (exact) mass is 275 g/mol. The number of carbonyl (C=O) groups is 1. The normalized spacial score (nSPS) is 16.6. The highest BCUT2D eigenvalue weighted by molar-refractivity contribution is 6.40. The molecule has 1 amide bonds. The fourth-order valence-corrected chi connectivity index (χ4v) is 1.65. The lowest BCUT2D eigenvalue weighted by molar-refractivity contribution is -0.124. The number of rotatable bonds is 3. The fraction of sp³-hybridized carbons (Fsp3) is 0.500. The van der Waals surface area contributed by atoms with Crippen LogP contribution in [0.15, 0.2) is 11.1 Å². The number of hydrogen-bond acceptors (Lipinski definition) is 3. The molecule has 1 aliphatic rings. The van der Waals surface area contributed by atoms with Crippen molar-refractivity contribution in [3.63, 3.8) is 0 Å². The summed E-state index contributed by atoms with van der Waals surface area (Å²) in [6, 6.07) is -0.401. The first-order chi connectivity index (χ1) is 8.00. The van der Waals surface area contributed by atoms with Crippen molar-refractivity contribution >= 4 is 29.1 Å². The maximum absolute atomic E-state index is 11.8. The molecule has 1 atom stereocenters. The summed E-state index contributed by atoms with van der Waals surface area (Å²) in [5.74, 6) is -0.213. The zero-order valence-electron chi connectivity index (χ0n) is 9.11. The second-order valence-electron chi connectivity index (χ2n) is 4.02. The van der Waals surface area contributed by atoms with E-state index in [0.29, 0.717) is 0 Å². The molecule has 0 saturated heterocycles. The standard InChI is InChI=1S/C10H11Cl2N3O2/c1-5(9(16)14-6-2-3-6)15-4-13-8(12)7(11)10(15)17/h4-6H,2-3H2,1H3,(H,14,16). The van der Waals surface area contributed by atoms with Crippen LogP contribution >= 0.6 is 23.2 Å². The Hall–Kier alpha value is -1.07. The second-order valence-corrected chi connectivity index (χ2v) is 4.76. The third kappa shape index (κ3) is 2.61. The number of nitrogens with zero attached hydrogens (tertiary/aromatic N) is 2. The van der Waals surface area contributed by atoms with Gasteiger partial charge in [0.05, 0.1) is 0 Å². The van der Waals surface area contributed by atoms with E-state index in [4.69, 9.17) is 23.2 Å². The van der Waals surface area contributed by atoms with Crippen molar-refractivity contribution in [1.82, 2.24) is 14.9 Å². The molecule has 1 fully saturated rings. The Morgan fingerprint density at radius 2 is 2.24 bits per heavy atom. The lowest BCUT2D eigenvalue weighted by Gasteiger charge is -2.14. The van der Waals surface area contributed by atoms with Gasteiger partial charge in [0.1, 0.15) is 17.4 Å². The Kier molecular flexibility index (Phi) is 3.40. The van der Waals surface area contributed by atoms with Crippen LogP contribution in [0.2, 0.25) is 10.2 Å². The van der Waals surface area contributed by atoms with Gasteiger partial charge in [-0.05, 0) is 19.8 Å². The SMILES string of the molecule is CC(C(=O)NC1CC1)n1cnc(Cl)c(Cl)c1=O. The molecule has 0 radical (unpaired) electrons. The van der Waals surface area contributed by atoms with Crippen LogP contribution < -0.4 is 10.9 Å². The van der Waals surface area contributed by atoms with Crippen LogP contribution in [0.5, 0.6) is 0 Å². The van der Waals surface area contributed by atoms with E-state index >= 15 is 0 Å². The van der Waals surface area contributed by atoms with Crippen LogP contribution in [0.1, 0.15) is 25.8 Å². The average molecular weight is 276 g/mol. The van der Waals surface area contributed by atoms with Crippen molar-refractivity contribution in [1.29, 1.82) is 0 Å². The smallest absolute Gasteiger partial charge is 0.274 e. The van der Waals surface area contributed by atoms with Gasteiger partial charge < -0.3 is 5.32 Å². The average Bonchev–Trinajstić information content (AvgIpc) is 3.09.